The summed E-state index contributed by atoms with van der Waals surface area (Å²) in [6.07, 6.45) is 1.20. The summed E-state index contributed by atoms with van der Waals surface area (Å²) in [4.78, 5) is 13.2. The van der Waals surface area contributed by atoms with Gasteiger partial charge in [-0.1, -0.05) is 29.3 Å². The molecule has 2 aromatic carbocycles. The van der Waals surface area contributed by atoms with Gasteiger partial charge in [-0.15, -0.1) is 0 Å². The maximum absolute atomic E-state index is 13.0. The number of piperidine rings is 1. The van der Waals surface area contributed by atoms with E-state index < -0.39 is 15.6 Å². The molecule has 7 heteroatoms. The number of benzene rings is 2. The first kappa shape index (κ1) is 20.4. The third-order valence-electron chi connectivity index (χ3n) is 6.02. The number of halogens is 1. The molecule has 2 aliphatic heterocycles. The summed E-state index contributed by atoms with van der Waals surface area (Å²) in [6, 6.07) is 8.70. The Morgan fingerprint density at radius 2 is 1.69 bits per heavy atom. The second kappa shape index (κ2) is 7.11. The molecule has 0 amide bonds. The fraction of sp³-hybridized carbons (Fsp3) is 0.409. The fourth-order valence-corrected chi connectivity index (χ4v) is 5.86. The van der Waals surface area contributed by atoms with Crippen molar-refractivity contribution in [3.05, 3.63) is 57.6 Å². The van der Waals surface area contributed by atoms with Gasteiger partial charge in [0.2, 0.25) is 10.0 Å². The molecule has 0 atom stereocenters. The summed E-state index contributed by atoms with van der Waals surface area (Å²) in [6.45, 7) is 6.30. The van der Waals surface area contributed by atoms with Gasteiger partial charge in [-0.3, -0.25) is 4.79 Å². The van der Waals surface area contributed by atoms with Gasteiger partial charge in [-0.25, -0.2) is 8.42 Å². The fourth-order valence-electron chi connectivity index (χ4n) is 4.27. The summed E-state index contributed by atoms with van der Waals surface area (Å²) in [5.41, 5.74) is 2.53. The van der Waals surface area contributed by atoms with Crippen molar-refractivity contribution in [2.75, 3.05) is 13.1 Å². The molecule has 0 unspecified atom stereocenters. The third kappa shape index (κ3) is 3.47. The first-order valence-electron chi connectivity index (χ1n) is 9.72. The average molecular weight is 434 g/mol. The predicted octanol–water partition coefficient (Wildman–Crippen LogP) is 4.45. The van der Waals surface area contributed by atoms with Crippen LogP contribution < -0.4 is 4.74 Å². The van der Waals surface area contributed by atoms with E-state index >= 15 is 0 Å². The number of carbonyl (C=O) groups excluding carboxylic acids is 1. The van der Waals surface area contributed by atoms with Gasteiger partial charge in [0.25, 0.3) is 0 Å². The molecule has 0 aromatic heterocycles. The van der Waals surface area contributed by atoms with Crippen LogP contribution in [0.15, 0.2) is 35.2 Å². The first-order valence-corrected chi connectivity index (χ1v) is 11.5. The number of nitrogens with zero attached hydrogens (tertiary/aromatic N) is 1. The zero-order chi connectivity index (χ0) is 21.0. The van der Waals surface area contributed by atoms with Crippen molar-refractivity contribution in [3.63, 3.8) is 0 Å². The molecule has 0 N–H and O–H groups in total. The first-order chi connectivity index (χ1) is 13.6. The maximum Gasteiger partial charge on any atom is 0.243 e. The summed E-state index contributed by atoms with van der Waals surface area (Å²) in [5.74, 6) is 0.580. The van der Waals surface area contributed by atoms with Gasteiger partial charge in [0.05, 0.1) is 16.9 Å². The Morgan fingerprint density at radius 3 is 2.31 bits per heavy atom. The van der Waals surface area contributed by atoms with Crippen LogP contribution in [0, 0.1) is 20.8 Å². The van der Waals surface area contributed by atoms with Crippen molar-refractivity contribution in [1.29, 1.82) is 0 Å². The van der Waals surface area contributed by atoms with Gasteiger partial charge in [0, 0.05) is 31.0 Å². The molecule has 5 nitrogen and oxygen atoms in total. The third-order valence-corrected chi connectivity index (χ3v) is 8.52. The lowest BCUT2D eigenvalue weighted by Gasteiger charge is -2.43. The number of hydrogen-bond donors (Lipinski definition) is 0. The van der Waals surface area contributed by atoms with Crippen LogP contribution in [0.25, 0.3) is 0 Å². The summed E-state index contributed by atoms with van der Waals surface area (Å²) < 4.78 is 33.7. The van der Waals surface area contributed by atoms with Crippen molar-refractivity contribution in [2.45, 2.75) is 50.5 Å². The molecule has 4 rings (SSSR count). The Morgan fingerprint density at radius 1 is 1.07 bits per heavy atom. The lowest BCUT2D eigenvalue weighted by atomic mass is 9.82. The molecule has 0 radical (unpaired) electrons. The number of carbonyl (C=O) groups is 1. The summed E-state index contributed by atoms with van der Waals surface area (Å²) >= 11 is 6.31. The molecule has 1 fully saturated rings. The Labute approximate surface area is 176 Å². The monoisotopic (exact) mass is 433 g/mol. The molecule has 0 aliphatic carbocycles. The highest BCUT2D eigenvalue weighted by Gasteiger charge is 2.45. The van der Waals surface area contributed by atoms with Gasteiger partial charge in [0.15, 0.2) is 5.78 Å². The topological polar surface area (TPSA) is 63.7 Å². The highest BCUT2D eigenvalue weighted by Crippen LogP contribution is 2.43. The van der Waals surface area contributed by atoms with E-state index in [1.54, 1.807) is 24.3 Å². The molecule has 2 aromatic rings. The molecular weight excluding hydrogens is 410 g/mol. The molecule has 0 bridgehead atoms. The number of aryl methyl sites for hydroxylation is 2. The van der Waals surface area contributed by atoms with E-state index in [0.717, 1.165) is 16.7 Å². The Balaban J connectivity index is 1.57. The standard InChI is InChI=1S/C22H24ClNO4S/c1-14-4-6-17(7-5-14)29(26,27)24-10-8-22(9-11-24)13-18(25)20-16(3)21(23)15(2)12-19(20)28-22/h4-7,12H,8-11,13H2,1-3H3. The van der Waals surface area contributed by atoms with Crippen LogP contribution in [-0.4, -0.2) is 37.2 Å². The Hall–Kier alpha value is -1.89. The predicted molar refractivity (Wildman–Crippen MR) is 112 cm³/mol. The van der Waals surface area contributed by atoms with E-state index in [2.05, 4.69) is 0 Å². The second-order valence-corrected chi connectivity index (χ2v) is 10.4. The Kier molecular flexibility index (Phi) is 5.00. The van der Waals surface area contributed by atoms with Crippen LogP contribution >= 0.6 is 11.6 Å². The number of ketones is 1. The van der Waals surface area contributed by atoms with Gasteiger partial charge >= 0.3 is 0 Å². The quantitative estimate of drug-likeness (QED) is 0.701. The van der Waals surface area contributed by atoms with Crippen molar-refractivity contribution in [1.82, 2.24) is 4.31 Å². The number of hydrogen-bond acceptors (Lipinski definition) is 4. The summed E-state index contributed by atoms with van der Waals surface area (Å²) in [5, 5.41) is 0.593. The van der Waals surface area contributed by atoms with E-state index in [4.69, 9.17) is 16.3 Å². The molecule has 2 heterocycles. The number of fused-ring (bicyclic) bond motifs is 1. The van der Waals surface area contributed by atoms with Crippen LogP contribution in [0.3, 0.4) is 0 Å². The van der Waals surface area contributed by atoms with E-state index in [1.165, 1.54) is 4.31 Å². The second-order valence-electron chi connectivity index (χ2n) is 8.11. The zero-order valence-electron chi connectivity index (χ0n) is 16.8. The lowest BCUT2D eigenvalue weighted by Crippen LogP contribution is -2.52. The normalized spacial score (nSPS) is 19.1. The van der Waals surface area contributed by atoms with Gasteiger partial charge in [-0.05, 0) is 50.1 Å². The highest BCUT2D eigenvalue weighted by molar-refractivity contribution is 7.89. The zero-order valence-corrected chi connectivity index (χ0v) is 18.4. The van der Waals surface area contributed by atoms with Crippen molar-refractivity contribution in [2.24, 2.45) is 0 Å². The summed E-state index contributed by atoms with van der Waals surface area (Å²) in [7, 11) is -3.55. The highest BCUT2D eigenvalue weighted by atomic mass is 35.5. The number of Topliss-reactive ketones (excluding diaryl/α,β-unsaturated/α-hetero) is 1. The molecular formula is C22H24ClNO4S. The van der Waals surface area contributed by atoms with Crippen LogP contribution in [-0.2, 0) is 10.0 Å². The molecule has 2 aliphatic rings. The van der Waals surface area contributed by atoms with E-state index in [0.29, 0.717) is 47.2 Å². The van der Waals surface area contributed by atoms with Crippen molar-refractivity contribution < 1.29 is 17.9 Å². The van der Waals surface area contributed by atoms with E-state index in [-0.39, 0.29) is 12.2 Å². The van der Waals surface area contributed by atoms with Gasteiger partial charge in [0.1, 0.15) is 11.4 Å². The van der Waals surface area contributed by atoms with Crippen molar-refractivity contribution in [3.8, 4) is 5.75 Å². The molecule has 1 spiro atoms. The molecule has 29 heavy (non-hydrogen) atoms. The Bertz CT molecular complexity index is 1080. The number of sulfonamides is 1. The van der Waals surface area contributed by atoms with Gasteiger partial charge < -0.3 is 4.74 Å². The smallest absolute Gasteiger partial charge is 0.243 e. The number of ether oxygens (including phenoxy) is 1. The van der Waals surface area contributed by atoms with E-state index in [9.17, 15) is 13.2 Å². The largest absolute Gasteiger partial charge is 0.486 e. The minimum absolute atomic E-state index is 0.0143. The van der Waals surface area contributed by atoms with Gasteiger partial charge in [-0.2, -0.15) is 4.31 Å². The lowest BCUT2D eigenvalue weighted by molar-refractivity contribution is 0.00578. The van der Waals surface area contributed by atoms with Crippen LogP contribution in [0.5, 0.6) is 5.75 Å². The van der Waals surface area contributed by atoms with Crippen LogP contribution in [0.2, 0.25) is 5.02 Å². The minimum Gasteiger partial charge on any atom is -0.486 e. The molecule has 0 saturated carbocycles. The average Bonchev–Trinajstić information content (AvgIpc) is 2.66. The van der Waals surface area contributed by atoms with Crippen molar-refractivity contribution >= 4 is 27.4 Å². The molecule has 154 valence electrons. The van der Waals surface area contributed by atoms with Crippen LogP contribution in [0.1, 0.15) is 46.3 Å². The number of rotatable bonds is 2. The minimum atomic E-state index is -3.55. The van der Waals surface area contributed by atoms with Crippen LogP contribution in [0.4, 0.5) is 0 Å². The molecule has 1 saturated heterocycles. The van der Waals surface area contributed by atoms with E-state index in [1.807, 2.05) is 26.8 Å². The SMILES string of the molecule is Cc1ccc(S(=O)(=O)N2CCC3(CC2)CC(=O)c2c(cc(C)c(Cl)c2C)O3)cc1. The maximum atomic E-state index is 13.0.